The fourth-order valence-electron chi connectivity index (χ4n) is 0.809. The number of methoxy groups -OCH3 is 1. The molecule has 0 bridgehead atoms. The molecule has 0 unspecified atom stereocenters. The lowest BCUT2D eigenvalue weighted by Gasteiger charge is -2.00. The molecule has 11 heavy (non-hydrogen) atoms. The van der Waals surface area contributed by atoms with Crippen molar-refractivity contribution in [3.63, 3.8) is 0 Å². The Hall–Kier alpha value is -1.09. The van der Waals surface area contributed by atoms with Gasteiger partial charge < -0.3 is 9.84 Å². The Kier molecular flexibility index (Phi) is 2.44. The summed E-state index contributed by atoms with van der Waals surface area (Å²) < 4.78 is 17.5. The molecule has 0 heterocycles. The van der Waals surface area contributed by atoms with Gasteiger partial charge in [-0.1, -0.05) is 6.07 Å². The maximum atomic E-state index is 12.8. The smallest absolute Gasteiger partial charge is 0.132 e. The minimum absolute atomic E-state index is 0.0673. The zero-order valence-electron chi connectivity index (χ0n) is 6.17. The second kappa shape index (κ2) is 3.34. The van der Waals surface area contributed by atoms with Crippen LogP contribution in [0.2, 0.25) is 0 Å². The zero-order chi connectivity index (χ0) is 8.27. The molecule has 0 saturated heterocycles. The number of halogens is 1. The van der Waals surface area contributed by atoms with Gasteiger partial charge in [-0.25, -0.2) is 4.39 Å². The van der Waals surface area contributed by atoms with Gasteiger partial charge in [-0.05, 0) is 6.07 Å². The van der Waals surface area contributed by atoms with E-state index in [1.807, 2.05) is 0 Å². The number of hydrogen-bond donors (Lipinski definition) is 1. The lowest BCUT2D eigenvalue weighted by molar-refractivity contribution is 0.181. The van der Waals surface area contributed by atoms with E-state index in [0.717, 1.165) is 6.07 Å². The molecule has 0 fully saturated rings. The summed E-state index contributed by atoms with van der Waals surface area (Å²) in [6.07, 6.45) is 0. The van der Waals surface area contributed by atoms with Crippen molar-refractivity contribution in [3.8, 4) is 5.75 Å². The van der Waals surface area contributed by atoms with Gasteiger partial charge in [-0.2, -0.15) is 0 Å². The Bertz CT molecular complexity index is 248. The molecule has 1 rings (SSSR count). The van der Waals surface area contributed by atoms with Crippen LogP contribution in [0.25, 0.3) is 0 Å². The van der Waals surface area contributed by atoms with Crippen LogP contribution in [0.15, 0.2) is 18.2 Å². The Balaban J connectivity index is 2.90. The Labute approximate surface area is 64.2 Å². The third-order valence-corrected chi connectivity index (χ3v) is 1.34. The number of benzene rings is 1. The topological polar surface area (TPSA) is 29.5 Å². The van der Waals surface area contributed by atoms with Crippen LogP contribution in [-0.2, 0) is 11.3 Å². The molecular formula is C8H9FO2. The van der Waals surface area contributed by atoms with Crippen molar-refractivity contribution < 1.29 is 14.2 Å². The number of rotatable bonds is 2. The first-order chi connectivity index (χ1) is 5.24. The van der Waals surface area contributed by atoms with E-state index in [9.17, 15) is 4.39 Å². The summed E-state index contributed by atoms with van der Waals surface area (Å²) in [4.78, 5) is 0. The van der Waals surface area contributed by atoms with E-state index in [4.69, 9.17) is 9.84 Å². The highest BCUT2D eigenvalue weighted by molar-refractivity contribution is 5.27. The highest BCUT2D eigenvalue weighted by Crippen LogP contribution is 2.15. The maximum Gasteiger partial charge on any atom is 0.132 e. The van der Waals surface area contributed by atoms with E-state index in [1.54, 1.807) is 0 Å². The normalized spacial score (nSPS) is 10.0. The summed E-state index contributed by atoms with van der Waals surface area (Å²) in [6.45, 7) is 0.228. The summed E-state index contributed by atoms with van der Waals surface area (Å²) in [7, 11) is 1.49. The quantitative estimate of drug-likeness (QED) is 0.705. The summed E-state index contributed by atoms with van der Waals surface area (Å²) in [5, 5.41) is 8.82. The first-order valence-corrected chi connectivity index (χ1v) is 3.20. The molecular weight excluding hydrogens is 147 g/mol. The third kappa shape index (κ3) is 1.91. The molecule has 0 aliphatic carbocycles. The molecule has 2 nitrogen and oxygen atoms in total. The second-order valence-corrected chi connectivity index (χ2v) is 2.21. The minimum Gasteiger partial charge on any atom is -0.508 e. The van der Waals surface area contributed by atoms with E-state index >= 15 is 0 Å². The second-order valence-electron chi connectivity index (χ2n) is 2.21. The molecule has 0 atom stereocenters. The van der Waals surface area contributed by atoms with E-state index < -0.39 is 5.82 Å². The average molecular weight is 156 g/mol. The lowest BCUT2D eigenvalue weighted by Crippen LogP contribution is -1.91. The van der Waals surface area contributed by atoms with Crippen LogP contribution >= 0.6 is 0 Å². The van der Waals surface area contributed by atoms with E-state index in [-0.39, 0.29) is 12.4 Å². The molecule has 0 saturated carbocycles. The predicted molar refractivity (Wildman–Crippen MR) is 38.8 cm³/mol. The molecule has 0 radical (unpaired) electrons. The molecule has 0 amide bonds. The first kappa shape index (κ1) is 8.01. The van der Waals surface area contributed by atoms with Crippen LogP contribution in [-0.4, -0.2) is 12.2 Å². The summed E-state index contributed by atoms with van der Waals surface area (Å²) in [5.41, 5.74) is 0.449. The average Bonchev–Trinajstić information content (AvgIpc) is 1.95. The summed E-state index contributed by atoms with van der Waals surface area (Å²) >= 11 is 0. The Morgan fingerprint density at radius 1 is 1.55 bits per heavy atom. The van der Waals surface area contributed by atoms with Crippen molar-refractivity contribution in [2.75, 3.05) is 7.11 Å². The van der Waals surface area contributed by atoms with Crippen molar-refractivity contribution in [1.82, 2.24) is 0 Å². The minimum atomic E-state index is -0.438. The molecule has 0 aliphatic heterocycles. The van der Waals surface area contributed by atoms with Crippen LogP contribution in [0.5, 0.6) is 5.75 Å². The van der Waals surface area contributed by atoms with Gasteiger partial charge in [0.15, 0.2) is 0 Å². The molecule has 60 valence electrons. The zero-order valence-corrected chi connectivity index (χ0v) is 6.17. The van der Waals surface area contributed by atoms with Gasteiger partial charge in [0.05, 0.1) is 6.61 Å². The van der Waals surface area contributed by atoms with E-state index in [1.165, 1.54) is 19.2 Å². The molecule has 0 spiro atoms. The molecule has 1 N–H and O–H groups in total. The summed E-state index contributed by atoms with van der Waals surface area (Å²) in [5.74, 6) is -0.505. The number of hydrogen-bond acceptors (Lipinski definition) is 2. The standard InChI is InChI=1S/C8H9FO2/c1-11-5-6-2-3-7(10)4-8(6)9/h2-4,10H,5H2,1H3. The SMILES string of the molecule is COCc1ccc(O)cc1F. The van der Waals surface area contributed by atoms with Crippen LogP contribution in [0.1, 0.15) is 5.56 Å². The largest absolute Gasteiger partial charge is 0.508 e. The van der Waals surface area contributed by atoms with Gasteiger partial charge in [-0.3, -0.25) is 0 Å². The summed E-state index contributed by atoms with van der Waals surface area (Å²) in [6, 6.07) is 3.99. The van der Waals surface area contributed by atoms with Gasteiger partial charge in [0, 0.05) is 18.7 Å². The predicted octanol–water partition coefficient (Wildman–Crippen LogP) is 1.68. The first-order valence-electron chi connectivity index (χ1n) is 3.20. The lowest BCUT2D eigenvalue weighted by atomic mass is 10.2. The van der Waals surface area contributed by atoms with Crippen molar-refractivity contribution in [2.45, 2.75) is 6.61 Å². The van der Waals surface area contributed by atoms with Gasteiger partial charge in [0.25, 0.3) is 0 Å². The van der Waals surface area contributed by atoms with Gasteiger partial charge in [0.2, 0.25) is 0 Å². The van der Waals surface area contributed by atoms with Gasteiger partial charge in [-0.15, -0.1) is 0 Å². The molecule has 0 aliphatic rings. The van der Waals surface area contributed by atoms with Crippen LogP contribution in [0.4, 0.5) is 4.39 Å². The Morgan fingerprint density at radius 3 is 2.82 bits per heavy atom. The Morgan fingerprint density at radius 2 is 2.27 bits per heavy atom. The van der Waals surface area contributed by atoms with Gasteiger partial charge in [0.1, 0.15) is 11.6 Å². The highest BCUT2D eigenvalue weighted by Gasteiger charge is 2.01. The number of ether oxygens (including phenoxy) is 1. The van der Waals surface area contributed by atoms with Gasteiger partial charge >= 0.3 is 0 Å². The number of phenolic OH excluding ortho intramolecular Hbond substituents is 1. The van der Waals surface area contributed by atoms with Crippen LogP contribution < -0.4 is 0 Å². The maximum absolute atomic E-state index is 12.8. The van der Waals surface area contributed by atoms with Crippen molar-refractivity contribution >= 4 is 0 Å². The number of phenols is 1. The molecule has 1 aromatic rings. The monoisotopic (exact) mass is 156 g/mol. The van der Waals surface area contributed by atoms with E-state index in [0.29, 0.717) is 5.56 Å². The third-order valence-electron chi connectivity index (χ3n) is 1.34. The molecule has 1 aromatic carbocycles. The molecule has 0 aromatic heterocycles. The van der Waals surface area contributed by atoms with Crippen LogP contribution in [0.3, 0.4) is 0 Å². The van der Waals surface area contributed by atoms with Crippen molar-refractivity contribution in [3.05, 3.63) is 29.6 Å². The molecule has 3 heteroatoms. The van der Waals surface area contributed by atoms with Crippen molar-refractivity contribution in [2.24, 2.45) is 0 Å². The fourth-order valence-corrected chi connectivity index (χ4v) is 0.809. The fraction of sp³-hybridized carbons (Fsp3) is 0.250. The van der Waals surface area contributed by atoms with Crippen LogP contribution in [0, 0.1) is 5.82 Å². The van der Waals surface area contributed by atoms with E-state index in [2.05, 4.69) is 0 Å². The highest BCUT2D eigenvalue weighted by atomic mass is 19.1. The number of aromatic hydroxyl groups is 1. The van der Waals surface area contributed by atoms with Crippen molar-refractivity contribution in [1.29, 1.82) is 0 Å².